The monoisotopic (exact) mass is 579 g/mol. The molecule has 0 aliphatic heterocycles. The standard InChI is InChI=1S/C41H29N3O/c1-41(2)31-18-10-8-17-29(31)35-32(41)21-20-28-27-16-9-11-19-33(27)44(38(28)35)40-42-36(24-12-4-3-5-13-24)39-37(43-40)30-22-25-14-6-7-15-26(25)23-34(30)45-39/h3-9,11-17,19-23H,10,18H2,1-2H3. The van der Waals surface area contributed by atoms with Gasteiger partial charge in [-0.25, -0.2) is 9.97 Å². The zero-order valence-corrected chi connectivity index (χ0v) is 25.1. The molecule has 3 aromatic heterocycles. The molecule has 10 rings (SSSR count). The molecule has 0 saturated heterocycles. The Labute approximate surface area is 260 Å². The van der Waals surface area contributed by atoms with E-state index in [4.69, 9.17) is 14.4 Å². The van der Waals surface area contributed by atoms with Gasteiger partial charge in [-0.05, 0) is 52.9 Å². The minimum atomic E-state index is -0.0350. The highest BCUT2D eigenvalue weighted by molar-refractivity contribution is 6.15. The van der Waals surface area contributed by atoms with Gasteiger partial charge in [0.25, 0.3) is 0 Å². The van der Waals surface area contributed by atoms with E-state index >= 15 is 0 Å². The smallest absolute Gasteiger partial charge is 0.236 e. The lowest BCUT2D eigenvalue weighted by molar-refractivity contribution is 0.607. The van der Waals surface area contributed by atoms with Crippen molar-refractivity contribution in [1.29, 1.82) is 0 Å². The Bertz CT molecular complexity index is 2610. The molecule has 4 heteroatoms. The molecule has 0 bridgehead atoms. The van der Waals surface area contributed by atoms with Crippen molar-refractivity contribution in [2.45, 2.75) is 32.1 Å². The summed E-state index contributed by atoms with van der Waals surface area (Å²) in [5.74, 6) is 0.656. The lowest BCUT2D eigenvalue weighted by Crippen LogP contribution is -2.17. The van der Waals surface area contributed by atoms with Crippen molar-refractivity contribution in [3.63, 3.8) is 0 Å². The van der Waals surface area contributed by atoms with Crippen LogP contribution in [0.5, 0.6) is 0 Å². The highest BCUT2D eigenvalue weighted by Gasteiger charge is 2.39. The number of para-hydroxylation sites is 1. The Balaban J connectivity index is 1.38. The topological polar surface area (TPSA) is 43.9 Å². The molecule has 0 spiro atoms. The Morgan fingerprint density at radius 3 is 2.40 bits per heavy atom. The second-order valence-corrected chi connectivity index (χ2v) is 12.9. The first-order valence-corrected chi connectivity index (χ1v) is 15.7. The van der Waals surface area contributed by atoms with Crippen molar-refractivity contribution in [2.75, 3.05) is 0 Å². The van der Waals surface area contributed by atoms with Gasteiger partial charge in [0.05, 0.1) is 11.0 Å². The molecule has 0 N–H and O–H groups in total. The minimum absolute atomic E-state index is 0.0350. The Morgan fingerprint density at radius 2 is 1.53 bits per heavy atom. The van der Waals surface area contributed by atoms with E-state index in [9.17, 15) is 0 Å². The fraction of sp³-hybridized carbons (Fsp3) is 0.122. The highest BCUT2D eigenvalue weighted by Crippen LogP contribution is 2.53. The number of fused-ring (bicyclic) bond motifs is 10. The molecule has 214 valence electrons. The summed E-state index contributed by atoms with van der Waals surface area (Å²) in [6.45, 7) is 4.76. The summed E-state index contributed by atoms with van der Waals surface area (Å²) in [5, 5.41) is 5.73. The van der Waals surface area contributed by atoms with Gasteiger partial charge in [0.1, 0.15) is 16.8 Å². The number of nitrogens with zero attached hydrogens (tertiary/aromatic N) is 3. The third-order valence-corrected chi connectivity index (χ3v) is 10.1. The lowest BCUT2D eigenvalue weighted by Gasteiger charge is -2.25. The van der Waals surface area contributed by atoms with Crippen molar-refractivity contribution in [2.24, 2.45) is 0 Å². The molecule has 8 aromatic rings. The average Bonchev–Trinajstić information content (AvgIpc) is 3.69. The van der Waals surface area contributed by atoms with Crippen LogP contribution < -0.4 is 0 Å². The Hall–Kier alpha value is -5.48. The van der Waals surface area contributed by atoms with Crippen molar-refractivity contribution in [3.05, 3.63) is 132 Å². The second kappa shape index (κ2) is 8.80. The van der Waals surface area contributed by atoms with Crippen LogP contribution in [0.4, 0.5) is 0 Å². The van der Waals surface area contributed by atoms with Crippen LogP contribution in [0.25, 0.3) is 77.4 Å². The van der Waals surface area contributed by atoms with E-state index in [1.54, 1.807) is 0 Å². The van der Waals surface area contributed by atoms with E-state index in [1.165, 1.54) is 38.6 Å². The molecular formula is C41H29N3O. The van der Waals surface area contributed by atoms with Crippen LogP contribution in [0, 0.1) is 0 Å². The average molecular weight is 580 g/mol. The quantitative estimate of drug-likeness (QED) is 0.205. The maximum Gasteiger partial charge on any atom is 0.236 e. The molecule has 0 atom stereocenters. The van der Waals surface area contributed by atoms with Crippen molar-refractivity contribution in [1.82, 2.24) is 14.5 Å². The normalized spacial score (nSPS) is 15.6. The van der Waals surface area contributed by atoms with Crippen LogP contribution >= 0.6 is 0 Å². The van der Waals surface area contributed by atoms with Gasteiger partial charge in [0.2, 0.25) is 5.95 Å². The Morgan fingerprint density at radius 1 is 0.756 bits per heavy atom. The van der Waals surface area contributed by atoms with E-state index in [0.717, 1.165) is 56.9 Å². The van der Waals surface area contributed by atoms with Crippen molar-refractivity contribution < 1.29 is 4.42 Å². The number of furan rings is 1. The van der Waals surface area contributed by atoms with Crippen molar-refractivity contribution in [3.8, 4) is 17.2 Å². The third-order valence-electron chi connectivity index (χ3n) is 10.1. The van der Waals surface area contributed by atoms with Gasteiger partial charge in [0, 0.05) is 32.7 Å². The molecule has 5 aromatic carbocycles. The van der Waals surface area contributed by atoms with Crippen LogP contribution in [-0.4, -0.2) is 14.5 Å². The molecule has 45 heavy (non-hydrogen) atoms. The van der Waals surface area contributed by atoms with E-state index in [0.29, 0.717) is 11.5 Å². The van der Waals surface area contributed by atoms with Gasteiger partial charge in [-0.3, -0.25) is 4.57 Å². The first-order valence-electron chi connectivity index (χ1n) is 15.7. The van der Waals surface area contributed by atoms with Crippen LogP contribution in [0.15, 0.2) is 125 Å². The minimum Gasteiger partial charge on any atom is -0.452 e. The zero-order valence-electron chi connectivity index (χ0n) is 25.1. The predicted octanol–water partition coefficient (Wildman–Crippen LogP) is 10.7. The molecule has 0 fully saturated rings. The van der Waals surface area contributed by atoms with Gasteiger partial charge in [-0.1, -0.05) is 117 Å². The van der Waals surface area contributed by atoms with Gasteiger partial charge in [-0.15, -0.1) is 0 Å². The molecule has 0 unspecified atom stereocenters. The van der Waals surface area contributed by atoms with E-state index in [-0.39, 0.29) is 5.41 Å². The molecule has 4 nitrogen and oxygen atoms in total. The molecule has 0 amide bonds. The number of hydrogen-bond donors (Lipinski definition) is 0. The van der Waals surface area contributed by atoms with Gasteiger partial charge >= 0.3 is 0 Å². The SMILES string of the molecule is CC1(C)C2=C(C=CCC2)c2c1ccc1c3ccccc3n(-c3nc(-c4ccccc4)c4oc5cc6ccccc6cc5c4n3)c21. The molecule has 3 heterocycles. The largest absolute Gasteiger partial charge is 0.452 e. The first kappa shape index (κ1) is 24.9. The summed E-state index contributed by atoms with van der Waals surface area (Å²) in [6.07, 6.45) is 6.85. The summed E-state index contributed by atoms with van der Waals surface area (Å²) in [4.78, 5) is 10.8. The fourth-order valence-electron chi connectivity index (χ4n) is 7.98. The molecular weight excluding hydrogens is 550 g/mol. The number of allylic oxidation sites excluding steroid dienone is 4. The summed E-state index contributed by atoms with van der Waals surface area (Å²) in [6, 6.07) is 36.4. The molecule has 2 aliphatic rings. The van der Waals surface area contributed by atoms with E-state index < -0.39 is 0 Å². The highest BCUT2D eigenvalue weighted by atomic mass is 16.3. The number of benzene rings is 5. The summed E-state index contributed by atoms with van der Waals surface area (Å²) in [5.41, 5.74) is 12.0. The van der Waals surface area contributed by atoms with E-state index in [2.05, 4.69) is 128 Å². The van der Waals surface area contributed by atoms with Crippen LogP contribution in [0.2, 0.25) is 0 Å². The Kier molecular flexibility index (Phi) is 4.87. The predicted molar refractivity (Wildman–Crippen MR) is 185 cm³/mol. The van der Waals surface area contributed by atoms with Gasteiger partial charge in [0.15, 0.2) is 5.58 Å². The number of aromatic nitrogens is 3. The van der Waals surface area contributed by atoms with Crippen LogP contribution in [-0.2, 0) is 5.41 Å². The number of hydrogen-bond acceptors (Lipinski definition) is 3. The fourth-order valence-corrected chi connectivity index (χ4v) is 7.98. The lowest BCUT2D eigenvalue weighted by atomic mass is 9.78. The summed E-state index contributed by atoms with van der Waals surface area (Å²) >= 11 is 0. The van der Waals surface area contributed by atoms with Gasteiger partial charge < -0.3 is 4.42 Å². The molecule has 0 radical (unpaired) electrons. The maximum atomic E-state index is 6.61. The number of rotatable bonds is 2. The second-order valence-electron chi connectivity index (χ2n) is 12.9. The summed E-state index contributed by atoms with van der Waals surface area (Å²) in [7, 11) is 0. The molecule has 0 saturated carbocycles. The van der Waals surface area contributed by atoms with Crippen LogP contribution in [0.3, 0.4) is 0 Å². The first-order chi connectivity index (χ1) is 22.1. The summed E-state index contributed by atoms with van der Waals surface area (Å²) < 4.78 is 8.92. The third kappa shape index (κ3) is 3.31. The molecule has 2 aliphatic carbocycles. The van der Waals surface area contributed by atoms with Crippen molar-refractivity contribution >= 4 is 60.2 Å². The zero-order chi connectivity index (χ0) is 29.9. The van der Waals surface area contributed by atoms with E-state index in [1.807, 2.05) is 6.07 Å². The maximum absolute atomic E-state index is 6.61. The van der Waals surface area contributed by atoms with Gasteiger partial charge in [-0.2, -0.15) is 0 Å². The van der Waals surface area contributed by atoms with Crippen LogP contribution in [0.1, 0.15) is 37.8 Å².